The summed E-state index contributed by atoms with van der Waals surface area (Å²) in [4.78, 5) is 2.56. The summed E-state index contributed by atoms with van der Waals surface area (Å²) >= 11 is 5.83. The van der Waals surface area contributed by atoms with Crippen LogP contribution >= 0.6 is 11.6 Å². The molecule has 0 amide bonds. The fourth-order valence-electron chi connectivity index (χ4n) is 1.76. The van der Waals surface area contributed by atoms with Gasteiger partial charge in [0.15, 0.2) is 0 Å². The number of nitrogens with zero attached hydrogens (tertiary/aromatic N) is 1. The molecule has 0 aromatic rings. The van der Waals surface area contributed by atoms with Gasteiger partial charge in [-0.15, -0.1) is 11.6 Å². The Hall–Kier alpha value is 0.250. The summed E-state index contributed by atoms with van der Waals surface area (Å²) in [7, 11) is 0. The highest BCUT2D eigenvalue weighted by atomic mass is 35.5. The molecule has 1 fully saturated rings. The van der Waals surface area contributed by atoms with Crippen LogP contribution in [0.3, 0.4) is 0 Å². The van der Waals surface area contributed by atoms with E-state index in [1.54, 1.807) is 0 Å². The predicted molar refractivity (Wildman–Crippen MR) is 54.8 cm³/mol. The molecule has 0 spiro atoms. The van der Waals surface area contributed by atoms with Crippen LogP contribution in [-0.4, -0.2) is 30.4 Å². The van der Waals surface area contributed by atoms with Crippen LogP contribution in [-0.2, 0) is 0 Å². The van der Waals surface area contributed by atoms with Gasteiger partial charge >= 0.3 is 0 Å². The van der Waals surface area contributed by atoms with E-state index in [1.807, 2.05) is 0 Å². The fraction of sp³-hybridized carbons (Fsp3) is 1.00. The molecule has 12 heavy (non-hydrogen) atoms. The lowest BCUT2D eigenvalue weighted by atomic mass is 10.1. The Kier molecular flexibility index (Phi) is 5.01. The SMILES string of the molecule is CCC(CCl)CCN1CCCC1. The highest BCUT2D eigenvalue weighted by Gasteiger charge is 2.12. The molecule has 0 saturated carbocycles. The van der Waals surface area contributed by atoms with Crippen molar-refractivity contribution in [1.82, 2.24) is 4.90 Å². The molecule has 1 atom stereocenters. The average Bonchev–Trinajstić information content (AvgIpc) is 2.59. The molecule has 1 heterocycles. The number of halogens is 1. The van der Waals surface area contributed by atoms with Crippen molar-refractivity contribution in [2.75, 3.05) is 25.5 Å². The second-order valence-electron chi connectivity index (χ2n) is 3.77. The summed E-state index contributed by atoms with van der Waals surface area (Å²) < 4.78 is 0. The van der Waals surface area contributed by atoms with E-state index in [1.165, 1.54) is 45.3 Å². The topological polar surface area (TPSA) is 3.24 Å². The zero-order valence-electron chi connectivity index (χ0n) is 8.06. The minimum atomic E-state index is 0.743. The molecule has 72 valence electrons. The molecule has 0 bridgehead atoms. The molecule has 1 nitrogen and oxygen atoms in total. The van der Waals surface area contributed by atoms with E-state index in [9.17, 15) is 0 Å². The number of alkyl halides is 1. The van der Waals surface area contributed by atoms with Gasteiger partial charge in [0, 0.05) is 5.88 Å². The Morgan fingerprint density at radius 3 is 2.50 bits per heavy atom. The average molecular weight is 190 g/mol. The lowest BCUT2D eigenvalue weighted by Gasteiger charge is -2.17. The van der Waals surface area contributed by atoms with E-state index >= 15 is 0 Å². The van der Waals surface area contributed by atoms with Crippen molar-refractivity contribution < 1.29 is 0 Å². The van der Waals surface area contributed by atoms with Gasteiger partial charge in [-0.3, -0.25) is 0 Å². The largest absolute Gasteiger partial charge is 0.303 e. The minimum absolute atomic E-state index is 0.743. The highest BCUT2D eigenvalue weighted by Crippen LogP contribution is 2.14. The van der Waals surface area contributed by atoms with Crippen LogP contribution in [0.1, 0.15) is 32.6 Å². The standard InChI is InChI=1S/C10H20ClN/c1-2-10(9-11)5-8-12-6-3-4-7-12/h10H,2-9H2,1H3. The highest BCUT2D eigenvalue weighted by molar-refractivity contribution is 6.18. The van der Waals surface area contributed by atoms with Crippen LogP contribution in [0, 0.1) is 5.92 Å². The zero-order chi connectivity index (χ0) is 8.81. The first kappa shape index (κ1) is 10.3. The molecule has 1 aliphatic rings. The molecule has 1 rings (SSSR count). The van der Waals surface area contributed by atoms with Crippen LogP contribution < -0.4 is 0 Å². The normalized spacial score (nSPS) is 21.5. The van der Waals surface area contributed by atoms with Gasteiger partial charge in [-0.25, -0.2) is 0 Å². The minimum Gasteiger partial charge on any atom is -0.303 e. The zero-order valence-corrected chi connectivity index (χ0v) is 8.82. The molecular weight excluding hydrogens is 170 g/mol. The summed E-state index contributed by atoms with van der Waals surface area (Å²) in [6.45, 7) is 6.14. The predicted octanol–water partition coefficient (Wildman–Crippen LogP) is 2.74. The van der Waals surface area contributed by atoms with Crippen LogP contribution in [0.15, 0.2) is 0 Å². The first-order valence-electron chi connectivity index (χ1n) is 5.15. The molecule has 0 aromatic heterocycles. The Balaban J connectivity index is 2.06. The maximum atomic E-state index is 5.83. The van der Waals surface area contributed by atoms with Crippen molar-refractivity contribution in [2.24, 2.45) is 5.92 Å². The van der Waals surface area contributed by atoms with Crippen molar-refractivity contribution in [1.29, 1.82) is 0 Å². The van der Waals surface area contributed by atoms with E-state index in [0.29, 0.717) is 0 Å². The molecule has 0 aliphatic carbocycles. The van der Waals surface area contributed by atoms with Gasteiger partial charge in [0.2, 0.25) is 0 Å². The van der Waals surface area contributed by atoms with Crippen LogP contribution in [0.4, 0.5) is 0 Å². The lowest BCUT2D eigenvalue weighted by Crippen LogP contribution is -2.22. The number of hydrogen-bond acceptors (Lipinski definition) is 1. The Morgan fingerprint density at radius 2 is 2.00 bits per heavy atom. The smallest absolute Gasteiger partial charge is 0.0252 e. The fourth-order valence-corrected chi connectivity index (χ4v) is 2.13. The van der Waals surface area contributed by atoms with Crippen molar-refractivity contribution in [3.05, 3.63) is 0 Å². The second-order valence-corrected chi connectivity index (χ2v) is 4.07. The monoisotopic (exact) mass is 189 g/mol. The molecule has 0 aromatic carbocycles. The number of rotatable bonds is 5. The van der Waals surface area contributed by atoms with Gasteiger partial charge in [0.05, 0.1) is 0 Å². The third kappa shape index (κ3) is 3.32. The summed E-state index contributed by atoms with van der Waals surface area (Å²) in [6.07, 6.45) is 5.33. The van der Waals surface area contributed by atoms with E-state index < -0.39 is 0 Å². The van der Waals surface area contributed by atoms with E-state index in [2.05, 4.69) is 11.8 Å². The maximum Gasteiger partial charge on any atom is 0.0252 e. The van der Waals surface area contributed by atoms with E-state index in [4.69, 9.17) is 11.6 Å². The third-order valence-electron chi connectivity index (χ3n) is 2.85. The summed E-state index contributed by atoms with van der Waals surface area (Å²) in [6, 6.07) is 0. The summed E-state index contributed by atoms with van der Waals surface area (Å²) in [5, 5.41) is 0. The molecule has 1 unspecified atom stereocenters. The number of hydrogen-bond donors (Lipinski definition) is 0. The van der Waals surface area contributed by atoms with Gasteiger partial charge in [0.1, 0.15) is 0 Å². The van der Waals surface area contributed by atoms with Crippen LogP contribution in [0.2, 0.25) is 0 Å². The van der Waals surface area contributed by atoms with Crippen molar-refractivity contribution in [3.63, 3.8) is 0 Å². The van der Waals surface area contributed by atoms with E-state index in [0.717, 1.165) is 11.8 Å². The van der Waals surface area contributed by atoms with Gasteiger partial charge in [0.25, 0.3) is 0 Å². The molecule has 0 N–H and O–H groups in total. The third-order valence-corrected chi connectivity index (χ3v) is 3.28. The molecule has 0 radical (unpaired) electrons. The van der Waals surface area contributed by atoms with Gasteiger partial charge in [-0.2, -0.15) is 0 Å². The van der Waals surface area contributed by atoms with Crippen molar-refractivity contribution in [3.8, 4) is 0 Å². The van der Waals surface area contributed by atoms with Crippen LogP contribution in [0.5, 0.6) is 0 Å². The van der Waals surface area contributed by atoms with Gasteiger partial charge in [-0.05, 0) is 44.8 Å². The lowest BCUT2D eigenvalue weighted by molar-refractivity contribution is 0.307. The summed E-state index contributed by atoms with van der Waals surface area (Å²) in [5.74, 6) is 1.58. The van der Waals surface area contributed by atoms with Crippen molar-refractivity contribution >= 4 is 11.6 Å². The molecule has 1 aliphatic heterocycles. The molecule has 2 heteroatoms. The molecular formula is C10H20ClN. The first-order chi connectivity index (χ1) is 5.86. The Bertz CT molecular complexity index is 104. The van der Waals surface area contributed by atoms with Crippen molar-refractivity contribution in [2.45, 2.75) is 32.6 Å². The van der Waals surface area contributed by atoms with E-state index in [-0.39, 0.29) is 0 Å². The first-order valence-corrected chi connectivity index (χ1v) is 5.68. The Labute approximate surface area is 81.1 Å². The quantitative estimate of drug-likeness (QED) is 0.602. The van der Waals surface area contributed by atoms with Crippen LogP contribution in [0.25, 0.3) is 0 Å². The molecule has 1 saturated heterocycles. The number of likely N-dealkylation sites (tertiary alicyclic amines) is 1. The Morgan fingerprint density at radius 1 is 1.33 bits per heavy atom. The summed E-state index contributed by atoms with van der Waals surface area (Å²) in [5.41, 5.74) is 0. The second kappa shape index (κ2) is 5.82. The van der Waals surface area contributed by atoms with Gasteiger partial charge in [-0.1, -0.05) is 13.3 Å². The maximum absolute atomic E-state index is 5.83. The van der Waals surface area contributed by atoms with Gasteiger partial charge < -0.3 is 4.90 Å².